The quantitative estimate of drug-likeness (QED) is 0.173. The van der Waals surface area contributed by atoms with Crippen molar-refractivity contribution in [3.63, 3.8) is 0 Å². The maximum absolute atomic E-state index is 12.5. The molecule has 0 bridgehead atoms. The molecule has 3 aromatic carbocycles. The van der Waals surface area contributed by atoms with Gasteiger partial charge in [-0.25, -0.2) is 4.79 Å². The van der Waals surface area contributed by atoms with E-state index in [4.69, 9.17) is 4.74 Å². The van der Waals surface area contributed by atoms with Crippen molar-refractivity contribution in [3.05, 3.63) is 105 Å². The molecule has 170 valence electrons. The van der Waals surface area contributed by atoms with Crippen LogP contribution < -0.4 is 10.1 Å². The van der Waals surface area contributed by atoms with Crippen molar-refractivity contribution >= 4 is 29.3 Å². The summed E-state index contributed by atoms with van der Waals surface area (Å²) < 4.78 is 10.3. The average molecular weight is 457 g/mol. The zero-order valence-corrected chi connectivity index (χ0v) is 18.1. The summed E-state index contributed by atoms with van der Waals surface area (Å²) in [4.78, 5) is 34.3. The molecule has 0 aliphatic rings. The summed E-state index contributed by atoms with van der Waals surface area (Å²) in [6.07, 6.45) is 1.43. The lowest BCUT2D eigenvalue weighted by molar-refractivity contribution is -0.384. The van der Waals surface area contributed by atoms with E-state index < -0.39 is 16.8 Å². The normalized spacial score (nSPS) is 10.6. The SMILES string of the molecule is COC(=O)c1ccc(NC(=O)/C(C#N)=C/c2ccc(OCc3cccc([N+](=O)[O-])c3)cc2)cc1. The number of methoxy groups -OCH3 is 1. The lowest BCUT2D eigenvalue weighted by atomic mass is 10.1. The van der Waals surface area contributed by atoms with Crippen LogP contribution in [0.4, 0.5) is 11.4 Å². The standard InChI is InChI=1S/C25H19N3O6/c1-33-25(30)19-7-9-21(10-8-19)27-24(29)20(15-26)13-17-5-11-23(12-6-17)34-16-18-3-2-4-22(14-18)28(31)32/h2-14H,16H2,1H3,(H,27,29)/b20-13+. The van der Waals surface area contributed by atoms with Crippen LogP contribution in [0.5, 0.6) is 5.75 Å². The second kappa shape index (κ2) is 11.1. The monoisotopic (exact) mass is 457 g/mol. The fraction of sp³-hybridized carbons (Fsp3) is 0.0800. The number of nitriles is 1. The van der Waals surface area contributed by atoms with Crippen LogP contribution in [0.3, 0.4) is 0 Å². The van der Waals surface area contributed by atoms with Gasteiger partial charge in [0.25, 0.3) is 11.6 Å². The minimum absolute atomic E-state index is 0.0108. The summed E-state index contributed by atoms with van der Waals surface area (Å²) in [6, 6.07) is 20.8. The number of esters is 1. The number of anilines is 1. The number of rotatable bonds is 8. The van der Waals surface area contributed by atoms with Gasteiger partial charge in [0.1, 0.15) is 24.0 Å². The molecule has 3 rings (SSSR count). The van der Waals surface area contributed by atoms with Crippen LogP contribution in [-0.2, 0) is 16.1 Å². The van der Waals surface area contributed by atoms with E-state index in [-0.39, 0.29) is 17.9 Å². The van der Waals surface area contributed by atoms with Crippen LogP contribution in [0.25, 0.3) is 6.08 Å². The molecule has 0 fully saturated rings. The van der Waals surface area contributed by atoms with Crippen molar-refractivity contribution in [2.45, 2.75) is 6.61 Å². The number of nitrogens with one attached hydrogen (secondary N) is 1. The third-order valence-corrected chi connectivity index (χ3v) is 4.65. The first-order valence-electron chi connectivity index (χ1n) is 9.97. The number of ether oxygens (including phenoxy) is 2. The number of nitrogens with zero attached hydrogens (tertiary/aromatic N) is 2. The number of hydrogen-bond donors (Lipinski definition) is 1. The molecule has 0 unspecified atom stereocenters. The fourth-order valence-electron chi connectivity index (χ4n) is 2.91. The molecule has 0 aromatic heterocycles. The molecule has 0 saturated heterocycles. The Hall–Kier alpha value is -4.97. The van der Waals surface area contributed by atoms with Crippen molar-refractivity contribution in [2.75, 3.05) is 12.4 Å². The second-order valence-corrected chi connectivity index (χ2v) is 6.98. The molecule has 0 heterocycles. The molecule has 9 nitrogen and oxygen atoms in total. The molecule has 0 aliphatic carbocycles. The summed E-state index contributed by atoms with van der Waals surface area (Å²) in [7, 11) is 1.28. The molecule has 0 aliphatic heterocycles. The van der Waals surface area contributed by atoms with Crippen molar-refractivity contribution in [1.29, 1.82) is 5.26 Å². The van der Waals surface area contributed by atoms with Crippen LogP contribution in [0, 0.1) is 21.4 Å². The van der Waals surface area contributed by atoms with E-state index in [1.54, 1.807) is 36.4 Å². The summed E-state index contributed by atoms with van der Waals surface area (Å²) in [5.74, 6) is -0.565. The highest BCUT2D eigenvalue weighted by atomic mass is 16.6. The zero-order chi connectivity index (χ0) is 24.5. The van der Waals surface area contributed by atoms with Gasteiger partial charge in [-0.1, -0.05) is 24.3 Å². The van der Waals surface area contributed by atoms with Gasteiger partial charge in [0.05, 0.1) is 17.6 Å². The summed E-state index contributed by atoms with van der Waals surface area (Å²) in [6.45, 7) is 0.150. The second-order valence-electron chi connectivity index (χ2n) is 6.98. The van der Waals surface area contributed by atoms with Crippen LogP contribution >= 0.6 is 0 Å². The molecular formula is C25H19N3O6. The number of carbonyl (C=O) groups excluding carboxylic acids is 2. The maximum atomic E-state index is 12.5. The predicted molar refractivity (Wildman–Crippen MR) is 124 cm³/mol. The molecule has 34 heavy (non-hydrogen) atoms. The Morgan fingerprint density at radius 3 is 2.41 bits per heavy atom. The largest absolute Gasteiger partial charge is 0.489 e. The molecule has 1 amide bonds. The number of amides is 1. The van der Waals surface area contributed by atoms with Gasteiger partial charge >= 0.3 is 5.97 Å². The molecule has 0 saturated carbocycles. The van der Waals surface area contributed by atoms with Crippen LogP contribution in [0.2, 0.25) is 0 Å². The van der Waals surface area contributed by atoms with Crippen LogP contribution in [0.15, 0.2) is 78.4 Å². The molecule has 0 radical (unpaired) electrons. The minimum atomic E-state index is -0.598. The number of hydrogen-bond acceptors (Lipinski definition) is 7. The Labute approximate surface area is 195 Å². The Balaban J connectivity index is 1.63. The van der Waals surface area contributed by atoms with Crippen molar-refractivity contribution < 1.29 is 24.0 Å². The van der Waals surface area contributed by atoms with E-state index in [1.807, 2.05) is 6.07 Å². The zero-order valence-electron chi connectivity index (χ0n) is 18.1. The topological polar surface area (TPSA) is 132 Å². The highest BCUT2D eigenvalue weighted by Gasteiger charge is 2.11. The molecule has 3 aromatic rings. The number of nitro groups is 1. The van der Waals surface area contributed by atoms with Gasteiger partial charge in [-0.3, -0.25) is 14.9 Å². The van der Waals surface area contributed by atoms with Crippen molar-refractivity contribution in [3.8, 4) is 11.8 Å². The Morgan fingerprint density at radius 1 is 1.09 bits per heavy atom. The molecular weight excluding hydrogens is 438 g/mol. The van der Waals surface area contributed by atoms with Crippen LogP contribution in [-0.4, -0.2) is 23.9 Å². The predicted octanol–water partition coefficient (Wildman–Crippen LogP) is 4.51. The third-order valence-electron chi connectivity index (χ3n) is 4.65. The Bertz CT molecular complexity index is 1280. The number of nitro benzene ring substituents is 1. The number of benzene rings is 3. The molecule has 1 N–H and O–H groups in total. The van der Waals surface area contributed by atoms with E-state index in [1.165, 1.54) is 49.6 Å². The first-order valence-corrected chi connectivity index (χ1v) is 9.97. The molecule has 0 atom stereocenters. The van der Waals surface area contributed by atoms with Gasteiger partial charge in [-0.15, -0.1) is 0 Å². The lowest BCUT2D eigenvalue weighted by Crippen LogP contribution is -2.13. The van der Waals surface area contributed by atoms with E-state index in [9.17, 15) is 25.0 Å². The van der Waals surface area contributed by atoms with Crippen LogP contribution in [0.1, 0.15) is 21.5 Å². The van der Waals surface area contributed by atoms with Crippen molar-refractivity contribution in [2.24, 2.45) is 0 Å². The van der Waals surface area contributed by atoms with E-state index in [0.29, 0.717) is 28.1 Å². The van der Waals surface area contributed by atoms with Crippen molar-refractivity contribution in [1.82, 2.24) is 0 Å². The van der Waals surface area contributed by atoms with Gasteiger partial charge in [0, 0.05) is 17.8 Å². The Morgan fingerprint density at radius 2 is 1.79 bits per heavy atom. The smallest absolute Gasteiger partial charge is 0.337 e. The third kappa shape index (κ3) is 6.27. The molecule has 9 heteroatoms. The van der Waals surface area contributed by atoms with Gasteiger partial charge in [0.15, 0.2) is 0 Å². The lowest BCUT2D eigenvalue weighted by Gasteiger charge is -2.07. The first kappa shape index (κ1) is 23.7. The summed E-state index contributed by atoms with van der Waals surface area (Å²) >= 11 is 0. The van der Waals surface area contributed by atoms with E-state index in [2.05, 4.69) is 10.1 Å². The van der Waals surface area contributed by atoms with Gasteiger partial charge < -0.3 is 14.8 Å². The maximum Gasteiger partial charge on any atom is 0.337 e. The first-order chi connectivity index (χ1) is 16.4. The van der Waals surface area contributed by atoms with Gasteiger partial charge in [-0.2, -0.15) is 5.26 Å². The highest BCUT2D eigenvalue weighted by Crippen LogP contribution is 2.19. The van der Waals surface area contributed by atoms with Gasteiger partial charge in [-0.05, 0) is 53.6 Å². The highest BCUT2D eigenvalue weighted by molar-refractivity contribution is 6.09. The number of non-ortho nitro benzene ring substituents is 1. The Kier molecular flexibility index (Phi) is 7.71. The minimum Gasteiger partial charge on any atom is -0.489 e. The number of carbonyl (C=O) groups is 2. The average Bonchev–Trinajstić information content (AvgIpc) is 2.86. The van der Waals surface area contributed by atoms with E-state index in [0.717, 1.165) is 0 Å². The summed E-state index contributed by atoms with van der Waals surface area (Å²) in [5, 5.41) is 22.9. The fourth-order valence-corrected chi connectivity index (χ4v) is 2.91. The summed E-state index contributed by atoms with van der Waals surface area (Å²) in [5.41, 5.74) is 1.90. The van der Waals surface area contributed by atoms with Gasteiger partial charge in [0.2, 0.25) is 0 Å². The van der Waals surface area contributed by atoms with E-state index >= 15 is 0 Å². The molecule has 0 spiro atoms.